The van der Waals surface area contributed by atoms with Crippen molar-refractivity contribution in [2.75, 3.05) is 0 Å². The SMILES string of the molecule is Cc1nn(Cc2ccccc2)c(Cl)c1/C=N/n1c(C)nc2ccccc2c1=O. The molecule has 0 saturated heterocycles. The van der Waals surface area contributed by atoms with E-state index in [0.29, 0.717) is 34.0 Å². The summed E-state index contributed by atoms with van der Waals surface area (Å²) in [6.07, 6.45) is 1.57. The number of hydrogen-bond donors (Lipinski definition) is 0. The third-order valence-electron chi connectivity index (χ3n) is 4.50. The number of halogens is 1. The predicted molar refractivity (Wildman–Crippen MR) is 111 cm³/mol. The van der Waals surface area contributed by atoms with Gasteiger partial charge in [0.2, 0.25) is 0 Å². The van der Waals surface area contributed by atoms with Gasteiger partial charge in [-0.2, -0.15) is 14.9 Å². The normalized spacial score (nSPS) is 11.5. The molecular weight excluding hydrogens is 374 g/mol. The molecule has 0 aliphatic heterocycles. The average molecular weight is 392 g/mol. The topological polar surface area (TPSA) is 65.1 Å². The molecule has 0 fully saturated rings. The first-order chi connectivity index (χ1) is 13.5. The number of para-hydroxylation sites is 1. The highest BCUT2D eigenvalue weighted by atomic mass is 35.5. The van der Waals surface area contributed by atoms with Crippen molar-refractivity contribution in [1.29, 1.82) is 0 Å². The lowest BCUT2D eigenvalue weighted by Gasteiger charge is -2.05. The third-order valence-corrected chi connectivity index (χ3v) is 4.90. The second kappa shape index (κ2) is 7.40. The fourth-order valence-corrected chi connectivity index (χ4v) is 3.34. The van der Waals surface area contributed by atoms with E-state index >= 15 is 0 Å². The van der Waals surface area contributed by atoms with Crippen LogP contribution in [0.15, 0.2) is 64.5 Å². The van der Waals surface area contributed by atoms with Gasteiger partial charge in [-0.25, -0.2) is 9.67 Å². The highest BCUT2D eigenvalue weighted by molar-refractivity contribution is 6.32. The molecule has 0 amide bonds. The Kier molecular flexibility index (Phi) is 4.79. The van der Waals surface area contributed by atoms with Crippen molar-refractivity contribution in [3.63, 3.8) is 0 Å². The summed E-state index contributed by atoms with van der Waals surface area (Å²) in [5.41, 5.74) is 2.95. The first-order valence-electron chi connectivity index (χ1n) is 8.84. The van der Waals surface area contributed by atoms with Crippen LogP contribution in [0, 0.1) is 13.8 Å². The zero-order valence-electron chi connectivity index (χ0n) is 15.5. The van der Waals surface area contributed by atoms with Gasteiger partial charge < -0.3 is 0 Å². The summed E-state index contributed by atoms with van der Waals surface area (Å²) in [6, 6.07) is 17.2. The van der Waals surface area contributed by atoms with Gasteiger partial charge in [0.1, 0.15) is 11.0 Å². The Balaban J connectivity index is 1.71. The van der Waals surface area contributed by atoms with Crippen LogP contribution in [-0.4, -0.2) is 25.7 Å². The zero-order valence-corrected chi connectivity index (χ0v) is 16.3. The molecule has 0 N–H and O–H groups in total. The summed E-state index contributed by atoms with van der Waals surface area (Å²) in [6.45, 7) is 4.17. The van der Waals surface area contributed by atoms with Crippen LogP contribution in [0.2, 0.25) is 5.15 Å². The zero-order chi connectivity index (χ0) is 19.7. The van der Waals surface area contributed by atoms with Crippen molar-refractivity contribution in [2.45, 2.75) is 20.4 Å². The molecule has 0 aliphatic rings. The highest BCUT2D eigenvalue weighted by Crippen LogP contribution is 2.19. The van der Waals surface area contributed by atoms with E-state index in [1.54, 1.807) is 23.9 Å². The van der Waals surface area contributed by atoms with Crippen molar-refractivity contribution in [2.24, 2.45) is 5.10 Å². The molecule has 0 saturated carbocycles. The lowest BCUT2D eigenvalue weighted by atomic mass is 10.2. The standard InChI is InChI=1S/C21H18ClN5O/c1-14-18(20(22)26(25-14)13-16-8-4-3-5-9-16)12-23-27-15(2)24-19-11-7-6-10-17(19)21(27)28/h3-12H,13H2,1-2H3/b23-12+. The number of nitrogens with zero attached hydrogens (tertiary/aromatic N) is 5. The van der Waals surface area contributed by atoms with Gasteiger partial charge in [0.05, 0.1) is 34.9 Å². The van der Waals surface area contributed by atoms with Crippen LogP contribution in [0.5, 0.6) is 0 Å². The Bertz CT molecular complexity index is 1240. The van der Waals surface area contributed by atoms with Crippen LogP contribution in [0.4, 0.5) is 0 Å². The fraction of sp³-hybridized carbons (Fsp3) is 0.143. The molecular formula is C21H18ClN5O. The molecule has 2 heterocycles. The minimum absolute atomic E-state index is 0.218. The van der Waals surface area contributed by atoms with E-state index in [-0.39, 0.29) is 5.56 Å². The van der Waals surface area contributed by atoms with Gasteiger partial charge in [0, 0.05) is 0 Å². The molecule has 6 nitrogen and oxygen atoms in total. The van der Waals surface area contributed by atoms with Crippen LogP contribution >= 0.6 is 11.6 Å². The minimum atomic E-state index is -0.218. The van der Waals surface area contributed by atoms with Gasteiger partial charge in [-0.3, -0.25) is 4.79 Å². The Morgan fingerprint density at radius 3 is 2.57 bits per heavy atom. The highest BCUT2D eigenvalue weighted by Gasteiger charge is 2.13. The van der Waals surface area contributed by atoms with E-state index in [9.17, 15) is 4.79 Å². The molecule has 0 unspecified atom stereocenters. The summed E-state index contributed by atoms with van der Waals surface area (Å²) in [5.74, 6) is 0.505. The van der Waals surface area contributed by atoms with Gasteiger partial charge >= 0.3 is 0 Å². The number of rotatable bonds is 4. The van der Waals surface area contributed by atoms with Crippen molar-refractivity contribution in [1.82, 2.24) is 19.4 Å². The summed E-state index contributed by atoms with van der Waals surface area (Å²) in [7, 11) is 0. The van der Waals surface area contributed by atoms with E-state index in [1.165, 1.54) is 4.68 Å². The number of aromatic nitrogens is 4. The third kappa shape index (κ3) is 3.34. The maximum Gasteiger partial charge on any atom is 0.282 e. The van der Waals surface area contributed by atoms with E-state index < -0.39 is 0 Å². The summed E-state index contributed by atoms with van der Waals surface area (Å²) < 4.78 is 3.01. The first kappa shape index (κ1) is 18.1. The fourth-order valence-electron chi connectivity index (χ4n) is 3.06. The van der Waals surface area contributed by atoms with Crippen molar-refractivity contribution >= 4 is 28.7 Å². The van der Waals surface area contributed by atoms with Gasteiger partial charge in [-0.05, 0) is 31.5 Å². The average Bonchev–Trinajstić information content (AvgIpc) is 2.96. The molecule has 0 spiro atoms. The van der Waals surface area contributed by atoms with E-state index in [0.717, 1.165) is 11.3 Å². The lowest BCUT2D eigenvalue weighted by Crippen LogP contribution is -2.20. The first-order valence-corrected chi connectivity index (χ1v) is 9.22. The second-order valence-corrected chi connectivity index (χ2v) is 6.83. The Hall–Kier alpha value is -3.25. The van der Waals surface area contributed by atoms with Gasteiger partial charge in [0.25, 0.3) is 5.56 Å². The molecule has 0 atom stereocenters. The van der Waals surface area contributed by atoms with E-state index in [2.05, 4.69) is 15.2 Å². The van der Waals surface area contributed by atoms with Crippen molar-refractivity contribution in [3.05, 3.63) is 92.7 Å². The predicted octanol–water partition coefficient (Wildman–Crippen LogP) is 3.79. The van der Waals surface area contributed by atoms with E-state index in [1.807, 2.05) is 55.5 Å². The molecule has 2 aromatic heterocycles. The van der Waals surface area contributed by atoms with Crippen LogP contribution < -0.4 is 5.56 Å². The monoisotopic (exact) mass is 391 g/mol. The summed E-state index contributed by atoms with van der Waals surface area (Å²) in [4.78, 5) is 17.2. The number of hydrogen-bond acceptors (Lipinski definition) is 4. The van der Waals surface area contributed by atoms with Crippen molar-refractivity contribution < 1.29 is 0 Å². The number of fused-ring (bicyclic) bond motifs is 1. The molecule has 0 aliphatic carbocycles. The molecule has 28 heavy (non-hydrogen) atoms. The van der Waals surface area contributed by atoms with Crippen LogP contribution in [0.25, 0.3) is 10.9 Å². The van der Waals surface area contributed by atoms with E-state index in [4.69, 9.17) is 11.6 Å². The molecule has 4 aromatic rings. The van der Waals surface area contributed by atoms with Gasteiger partial charge in [-0.1, -0.05) is 54.1 Å². The Labute approximate surface area is 166 Å². The van der Waals surface area contributed by atoms with Gasteiger partial charge in [-0.15, -0.1) is 0 Å². The summed E-state index contributed by atoms with van der Waals surface area (Å²) >= 11 is 6.53. The Morgan fingerprint density at radius 1 is 1.07 bits per heavy atom. The largest absolute Gasteiger partial charge is 0.282 e. The molecule has 4 rings (SSSR count). The molecule has 2 aromatic carbocycles. The maximum atomic E-state index is 12.7. The maximum absolute atomic E-state index is 12.7. The minimum Gasteiger partial charge on any atom is -0.267 e. The number of benzene rings is 2. The quantitative estimate of drug-likeness (QED) is 0.497. The van der Waals surface area contributed by atoms with Crippen molar-refractivity contribution in [3.8, 4) is 0 Å². The van der Waals surface area contributed by atoms with Gasteiger partial charge in [0.15, 0.2) is 0 Å². The second-order valence-electron chi connectivity index (χ2n) is 6.47. The van der Waals surface area contributed by atoms with Crippen LogP contribution in [0.1, 0.15) is 22.6 Å². The van der Waals surface area contributed by atoms with Crippen LogP contribution in [0.3, 0.4) is 0 Å². The lowest BCUT2D eigenvalue weighted by molar-refractivity contribution is 0.680. The molecule has 140 valence electrons. The smallest absolute Gasteiger partial charge is 0.267 e. The number of aryl methyl sites for hydroxylation is 2. The summed E-state index contributed by atoms with van der Waals surface area (Å²) in [5, 5.41) is 9.85. The molecule has 0 radical (unpaired) electrons. The molecule has 0 bridgehead atoms. The Morgan fingerprint density at radius 2 is 1.79 bits per heavy atom. The molecule has 7 heteroatoms. The van der Waals surface area contributed by atoms with Crippen LogP contribution in [-0.2, 0) is 6.54 Å².